The summed E-state index contributed by atoms with van der Waals surface area (Å²) in [7, 11) is 0. The van der Waals surface area contributed by atoms with E-state index in [4.69, 9.17) is 19.7 Å². The fourth-order valence-electron chi connectivity index (χ4n) is 1.89. The molecule has 120 valence electrons. The summed E-state index contributed by atoms with van der Waals surface area (Å²) < 4.78 is 10.9. The highest BCUT2D eigenvalue weighted by Crippen LogP contribution is 2.19. The molecule has 0 aromatic heterocycles. The summed E-state index contributed by atoms with van der Waals surface area (Å²) in [6, 6.07) is 5.80. The van der Waals surface area contributed by atoms with Gasteiger partial charge in [0.15, 0.2) is 0 Å². The number of hydrogen-bond donors (Lipinski definition) is 3. The average molecular weight is 298 g/mol. The standard InChI is InChI=1S/C16H26O5/c1-12(18)10-20-6-4-15-7-14(3-5-17)8-16(9-15)21-11-13(2)19/h7-9,12-13,17-19H,3-6,10-11H2,1-2H3. The zero-order valence-electron chi connectivity index (χ0n) is 12.8. The topological polar surface area (TPSA) is 79.2 Å². The van der Waals surface area contributed by atoms with Gasteiger partial charge in [0.2, 0.25) is 0 Å². The smallest absolute Gasteiger partial charge is 0.119 e. The molecular weight excluding hydrogens is 272 g/mol. The van der Waals surface area contributed by atoms with Crippen LogP contribution in [0.1, 0.15) is 25.0 Å². The molecule has 0 aliphatic carbocycles. The molecule has 1 aromatic rings. The molecule has 5 heteroatoms. The van der Waals surface area contributed by atoms with Gasteiger partial charge in [0, 0.05) is 6.61 Å². The highest BCUT2D eigenvalue weighted by Gasteiger charge is 2.05. The molecule has 3 N–H and O–H groups in total. The number of aliphatic hydroxyl groups is 3. The van der Waals surface area contributed by atoms with Crippen LogP contribution in [0.4, 0.5) is 0 Å². The summed E-state index contributed by atoms with van der Waals surface area (Å²) in [5, 5.41) is 27.5. The Morgan fingerprint density at radius 3 is 2.14 bits per heavy atom. The fraction of sp³-hybridized carbons (Fsp3) is 0.625. The van der Waals surface area contributed by atoms with E-state index in [9.17, 15) is 5.11 Å². The maximum absolute atomic E-state index is 9.27. The molecule has 0 saturated heterocycles. The minimum Gasteiger partial charge on any atom is -0.491 e. The van der Waals surface area contributed by atoms with Crippen LogP contribution in [0.3, 0.4) is 0 Å². The molecular formula is C16H26O5. The summed E-state index contributed by atoms with van der Waals surface area (Å²) >= 11 is 0. The predicted octanol–water partition coefficient (Wildman–Crippen LogP) is 0.921. The van der Waals surface area contributed by atoms with E-state index in [-0.39, 0.29) is 13.2 Å². The molecule has 0 fully saturated rings. The minimum absolute atomic E-state index is 0.0812. The van der Waals surface area contributed by atoms with Crippen LogP contribution in [-0.4, -0.2) is 54.0 Å². The van der Waals surface area contributed by atoms with Crippen molar-refractivity contribution in [3.8, 4) is 5.75 Å². The molecule has 0 bridgehead atoms. The molecule has 5 nitrogen and oxygen atoms in total. The summed E-state index contributed by atoms with van der Waals surface area (Å²) in [5.41, 5.74) is 2.04. The molecule has 0 heterocycles. The van der Waals surface area contributed by atoms with Gasteiger partial charge in [0.25, 0.3) is 0 Å². The molecule has 0 aliphatic rings. The third-order valence-corrected chi connectivity index (χ3v) is 2.81. The van der Waals surface area contributed by atoms with Crippen molar-refractivity contribution in [1.29, 1.82) is 0 Å². The monoisotopic (exact) mass is 298 g/mol. The molecule has 0 saturated carbocycles. The largest absolute Gasteiger partial charge is 0.491 e. The lowest BCUT2D eigenvalue weighted by Gasteiger charge is -2.12. The average Bonchev–Trinajstić information content (AvgIpc) is 2.41. The van der Waals surface area contributed by atoms with E-state index in [2.05, 4.69) is 0 Å². The van der Waals surface area contributed by atoms with E-state index >= 15 is 0 Å². The van der Waals surface area contributed by atoms with Crippen LogP contribution >= 0.6 is 0 Å². The van der Waals surface area contributed by atoms with Crippen molar-refractivity contribution in [2.75, 3.05) is 26.4 Å². The number of aliphatic hydroxyl groups excluding tert-OH is 3. The lowest BCUT2D eigenvalue weighted by molar-refractivity contribution is 0.0477. The first kappa shape index (κ1) is 17.9. The second-order valence-corrected chi connectivity index (χ2v) is 5.29. The Labute approximate surface area is 126 Å². The Morgan fingerprint density at radius 2 is 1.57 bits per heavy atom. The summed E-state index contributed by atoms with van der Waals surface area (Å²) in [4.78, 5) is 0. The Bertz CT molecular complexity index is 404. The zero-order chi connectivity index (χ0) is 15.7. The maximum Gasteiger partial charge on any atom is 0.119 e. The van der Waals surface area contributed by atoms with Crippen LogP contribution in [0.5, 0.6) is 5.75 Å². The van der Waals surface area contributed by atoms with Crippen molar-refractivity contribution < 1.29 is 24.8 Å². The predicted molar refractivity (Wildman–Crippen MR) is 80.6 cm³/mol. The first-order chi connectivity index (χ1) is 10.0. The van der Waals surface area contributed by atoms with Crippen molar-refractivity contribution in [2.45, 2.75) is 38.9 Å². The van der Waals surface area contributed by atoms with Gasteiger partial charge in [-0.3, -0.25) is 0 Å². The molecule has 0 radical (unpaired) electrons. The Kier molecular flexibility index (Phi) is 8.30. The fourth-order valence-corrected chi connectivity index (χ4v) is 1.89. The Balaban J connectivity index is 2.63. The van der Waals surface area contributed by atoms with Crippen LogP contribution < -0.4 is 4.74 Å². The highest BCUT2D eigenvalue weighted by atomic mass is 16.5. The Morgan fingerprint density at radius 1 is 0.952 bits per heavy atom. The lowest BCUT2D eigenvalue weighted by Crippen LogP contribution is -2.13. The van der Waals surface area contributed by atoms with Crippen LogP contribution in [0.25, 0.3) is 0 Å². The quantitative estimate of drug-likeness (QED) is 0.560. The summed E-state index contributed by atoms with van der Waals surface area (Å²) in [5.74, 6) is 0.687. The third-order valence-electron chi connectivity index (χ3n) is 2.81. The van der Waals surface area contributed by atoms with Crippen molar-refractivity contribution in [3.63, 3.8) is 0 Å². The first-order valence-electron chi connectivity index (χ1n) is 7.31. The van der Waals surface area contributed by atoms with E-state index < -0.39 is 12.2 Å². The molecule has 1 rings (SSSR count). The molecule has 1 aromatic carbocycles. The molecule has 21 heavy (non-hydrogen) atoms. The molecule has 0 spiro atoms. The van der Waals surface area contributed by atoms with Crippen LogP contribution in [0.2, 0.25) is 0 Å². The van der Waals surface area contributed by atoms with Gasteiger partial charge in [-0.15, -0.1) is 0 Å². The van der Waals surface area contributed by atoms with Gasteiger partial charge in [0.1, 0.15) is 12.4 Å². The maximum atomic E-state index is 9.27. The van der Waals surface area contributed by atoms with Gasteiger partial charge < -0.3 is 24.8 Å². The minimum atomic E-state index is -0.524. The summed E-state index contributed by atoms with van der Waals surface area (Å²) in [6.07, 6.45) is 0.282. The van der Waals surface area contributed by atoms with Crippen molar-refractivity contribution in [3.05, 3.63) is 29.3 Å². The highest BCUT2D eigenvalue weighted by molar-refractivity contribution is 5.35. The van der Waals surface area contributed by atoms with Crippen molar-refractivity contribution in [1.82, 2.24) is 0 Å². The van der Waals surface area contributed by atoms with Gasteiger partial charge >= 0.3 is 0 Å². The molecule has 0 aliphatic heterocycles. The summed E-state index contributed by atoms with van der Waals surface area (Å²) in [6.45, 7) is 4.51. The van der Waals surface area contributed by atoms with Gasteiger partial charge in [-0.2, -0.15) is 0 Å². The zero-order valence-corrected chi connectivity index (χ0v) is 12.8. The van der Waals surface area contributed by atoms with E-state index in [0.717, 1.165) is 11.1 Å². The van der Waals surface area contributed by atoms with E-state index in [1.54, 1.807) is 13.8 Å². The number of rotatable bonds is 10. The first-order valence-corrected chi connectivity index (χ1v) is 7.31. The SMILES string of the molecule is CC(O)COCCc1cc(CCO)cc(OCC(C)O)c1. The molecule has 2 unspecified atom stereocenters. The second-order valence-electron chi connectivity index (χ2n) is 5.29. The van der Waals surface area contributed by atoms with Crippen molar-refractivity contribution in [2.24, 2.45) is 0 Å². The number of ether oxygens (including phenoxy) is 2. The van der Waals surface area contributed by atoms with Crippen LogP contribution in [0, 0.1) is 0 Å². The van der Waals surface area contributed by atoms with Crippen molar-refractivity contribution >= 4 is 0 Å². The Hall–Kier alpha value is -1.14. The van der Waals surface area contributed by atoms with Crippen LogP contribution in [-0.2, 0) is 17.6 Å². The molecule has 0 amide bonds. The second kappa shape index (κ2) is 9.73. The number of hydrogen-bond acceptors (Lipinski definition) is 5. The van der Waals surface area contributed by atoms with Gasteiger partial charge in [-0.1, -0.05) is 6.07 Å². The van der Waals surface area contributed by atoms with Gasteiger partial charge in [0.05, 0.1) is 25.4 Å². The van der Waals surface area contributed by atoms with Crippen LogP contribution in [0.15, 0.2) is 18.2 Å². The normalized spacial score (nSPS) is 14.0. The molecule has 2 atom stereocenters. The van der Waals surface area contributed by atoms with E-state index in [1.165, 1.54) is 0 Å². The third kappa shape index (κ3) is 8.02. The van der Waals surface area contributed by atoms with Gasteiger partial charge in [-0.25, -0.2) is 0 Å². The number of benzene rings is 1. The van der Waals surface area contributed by atoms with E-state index in [0.29, 0.717) is 31.8 Å². The lowest BCUT2D eigenvalue weighted by atomic mass is 10.1. The van der Waals surface area contributed by atoms with E-state index in [1.807, 2.05) is 18.2 Å². The van der Waals surface area contributed by atoms with Gasteiger partial charge in [-0.05, 0) is 49.9 Å².